The van der Waals surface area contributed by atoms with Gasteiger partial charge in [0.2, 0.25) is 6.79 Å². The zero-order valence-electron chi connectivity index (χ0n) is 12.2. The third-order valence-corrected chi connectivity index (χ3v) is 4.52. The number of thiocarbonyl (C=S) groups is 1. The predicted octanol–water partition coefficient (Wildman–Crippen LogP) is 2.77. The maximum absolute atomic E-state index is 5.58. The molecule has 4 nitrogen and oxygen atoms in total. The molecule has 4 rings (SSSR count). The molecule has 2 aromatic rings. The van der Waals surface area contributed by atoms with E-state index < -0.39 is 0 Å². The molecule has 0 atom stereocenters. The summed E-state index contributed by atoms with van der Waals surface area (Å²) in [6, 6.07) is 10.5. The number of hydrogen-bond donors (Lipinski definition) is 0. The van der Waals surface area contributed by atoms with Crippen molar-refractivity contribution in [1.82, 2.24) is 4.90 Å². The molecule has 2 aliphatic rings. The van der Waals surface area contributed by atoms with E-state index in [1.54, 1.807) is 0 Å². The van der Waals surface area contributed by atoms with E-state index in [-0.39, 0.29) is 0 Å². The molecule has 0 aromatic heterocycles. The minimum atomic E-state index is 0.305. The molecule has 0 radical (unpaired) electrons. The summed E-state index contributed by atoms with van der Waals surface area (Å²) < 4.78 is 16.2. The van der Waals surface area contributed by atoms with Crippen LogP contribution in [0.15, 0.2) is 30.3 Å². The van der Waals surface area contributed by atoms with Gasteiger partial charge in [-0.2, -0.15) is 0 Å². The Hall–Kier alpha value is -1.85. The number of ether oxygens (including phenoxy) is 3. The minimum Gasteiger partial charge on any atom is -0.454 e. The van der Waals surface area contributed by atoms with E-state index in [0.717, 1.165) is 60.0 Å². The van der Waals surface area contributed by atoms with E-state index in [4.69, 9.17) is 26.4 Å². The Kier molecular flexibility index (Phi) is 3.60. The number of benzene rings is 2. The average molecular weight is 315 g/mol. The van der Waals surface area contributed by atoms with Gasteiger partial charge >= 0.3 is 0 Å². The van der Waals surface area contributed by atoms with Crippen molar-refractivity contribution < 1.29 is 14.2 Å². The maximum Gasteiger partial charge on any atom is 0.231 e. The first kappa shape index (κ1) is 13.8. The van der Waals surface area contributed by atoms with Gasteiger partial charge in [-0.15, -0.1) is 0 Å². The average Bonchev–Trinajstić information content (AvgIpc) is 3.00. The molecule has 2 heterocycles. The van der Waals surface area contributed by atoms with Crippen molar-refractivity contribution >= 4 is 28.0 Å². The number of nitrogens with zero attached hydrogens (tertiary/aromatic N) is 1. The van der Waals surface area contributed by atoms with Crippen LogP contribution in [-0.4, -0.2) is 43.0 Å². The van der Waals surface area contributed by atoms with Crippen LogP contribution in [0.25, 0.3) is 10.8 Å². The topological polar surface area (TPSA) is 30.9 Å². The number of fused-ring (bicyclic) bond motifs is 2. The van der Waals surface area contributed by atoms with E-state index in [1.807, 2.05) is 12.1 Å². The van der Waals surface area contributed by atoms with Gasteiger partial charge in [-0.25, -0.2) is 0 Å². The van der Waals surface area contributed by atoms with E-state index in [0.29, 0.717) is 6.79 Å². The summed E-state index contributed by atoms with van der Waals surface area (Å²) in [6.45, 7) is 3.62. The molecule has 22 heavy (non-hydrogen) atoms. The van der Waals surface area contributed by atoms with E-state index in [1.165, 1.54) is 5.56 Å². The largest absolute Gasteiger partial charge is 0.454 e. The minimum absolute atomic E-state index is 0.305. The highest BCUT2D eigenvalue weighted by molar-refractivity contribution is 7.80. The molecule has 0 saturated carbocycles. The zero-order valence-corrected chi connectivity index (χ0v) is 13.0. The Labute approximate surface area is 134 Å². The SMILES string of the molecule is S=C(Cc1ccc2cc3c(cc2c1)OCO3)N1CCOCC1. The number of morpholine rings is 1. The van der Waals surface area contributed by atoms with Crippen molar-refractivity contribution in [1.29, 1.82) is 0 Å². The van der Waals surface area contributed by atoms with Gasteiger partial charge in [0.25, 0.3) is 0 Å². The van der Waals surface area contributed by atoms with Crippen LogP contribution >= 0.6 is 12.2 Å². The summed E-state index contributed by atoms with van der Waals surface area (Å²) in [7, 11) is 0. The van der Waals surface area contributed by atoms with Crippen molar-refractivity contribution in [3.63, 3.8) is 0 Å². The highest BCUT2D eigenvalue weighted by Gasteiger charge is 2.16. The second kappa shape index (κ2) is 5.74. The second-order valence-corrected chi connectivity index (χ2v) is 6.03. The molecule has 2 aliphatic heterocycles. The lowest BCUT2D eigenvalue weighted by Gasteiger charge is -2.29. The Morgan fingerprint density at radius 1 is 1.00 bits per heavy atom. The van der Waals surface area contributed by atoms with Gasteiger partial charge in [0, 0.05) is 19.5 Å². The van der Waals surface area contributed by atoms with E-state index in [2.05, 4.69) is 23.1 Å². The smallest absolute Gasteiger partial charge is 0.231 e. The van der Waals surface area contributed by atoms with Crippen LogP contribution < -0.4 is 9.47 Å². The highest BCUT2D eigenvalue weighted by Crippen LogP contribution is 2.36. The summed E-state index contributed by atoms with van der Waals surface area (Å²) in [5.41, 5.74) is 1.22. The normalized spacial score (nSPS) is 17.0. The van der Waals surface area contributed by atoms with Crippen LogP contribution in [0.1, 0.15) is 5.56 Å². The Morgan fingerprint density at radius 3 is 2.50 bits per heavy atom. The van der Waals surface area contributed by atoms with Gasteiger partial charge in [0.05, 0.1) is 18.2 Å². The molecule has 0 bridgehead atoms. The molecule has 0 amide bonds. The summed E-state index contributed by atoms with van der Waals surface area (Å²) in [5.74, 6) is 1.64. The van der Waals surface area contributed by atoms with Crippen LogP contribution in [0.5, 0.6) is 11.5 Å². The summed E-state index contributed by atoms with van der Waals surface area (Å²) in [5, 5.41) is 2.32. The lowest BCUT2D eigenvalue weighted by atomic mass is 10.0. The fourth-order valence-corrected chi connectivity index (χ4v) is 3.25. The number of rotatable bonds is 2. The molecule has 1 fully saturated rings. The van der Waals surface area contributed by atoms with Gasteiger partial charge < -0.3 is 19.1 Å². The standard InChI is InChI=1S/C17H17NO3S/c22-17(18-3-5-19-6-4-18)8-12-1-2-13-9-15-16(21-11-20-15)10-14(13)7-12/h1-2,7,9-10H,3-6,8,11H2. The van der Waals surface area contributed by atoms with Crippen LogP contribution in [0, 0.1) is 0 Å². The fraction of sp³-hybridized carbons (Fsp3) is 0.353. The highest BCUT2D eigenvalue weighted by atomic mass is 32.1. The fourth-order valence-electron chi connectivity index (χ4n) is 2.90. The molecule has 0 N–H and O–H groups in total. The van der Waals surface area contributed by atoms with Gasteiger partial charge in [-0.05, 0) is 28.5 Å². The molecular weight excluding hydrogens is 298 g/mol. The lowest BCUT2D eigenvalue weighted by molar-refractivity contribution is 0.0685. The zero-order chi connectivity index (χ0) is 14.9. The molecule has 1 saturated heterocycles. The Morgan fingerprint density at radius 2 is 1.73 bits per heavy atom. The second-order valence-electron chi connectivity index (χ2n) is 5.56. The third-order valence-electron chi connectivity index (χ3n) is 4.12. The Balaban J connectivity index is 1.57. The van der Waals surface area contributed by atoms with Gasteiger partial charge in [-0.1, -0.05) is 30.4 Å². The van der Waals surface area contributed by atoms with Crippen LogP contribution in [0.4, 0.5) is 0 Å². The monoisotopic (exact) mass is 315 g/mol. The lowest BCUT2D eigenvalue weighted by Crippen LogP contribution is -2.40. The first-order valence-electron chi connectivity index (χ1n) is 7.47. The van der Waals surface area contributed by atoms with E-state index in [9.17, 15) is 0 Å². The molecule has 0 aliphatic carbocycles. The molecule has 2 aromatic carbocycles. The quantitative estimate of drug-likeness (QED) is 0.796. The summed E-state index contributed by atoms with van der Waals surface area (Å²) in [4.78, 5) is 3.23. The van der Waals surface area contributed by atoms with Crippen molar-refractivity contribution in [2.75, 3.05) is 33.1 Å². The van der Waals surface area contributed by atoms with Gasteiger partial charge in [0.1, 0.15) is 0 Å². The maximum atomic E-state index is 5.58. The van der Waals surface area contributed by atoms with Crippen LogP contribution in [0.3, 0.4) is 0 Å². The van der Waals surface area contributed by atoms with Gasteiger partial charge in [-0.3, -0.25) is 0 Å². The first-order chi connectivity index (χ1) is 10.8. The van der Waals surface area contributed by atoms with E-state index >= 15 is 0 Å². The molecule has 0 spiro atoms. The van der Waals surface area contributed by atoms with Crippen molar-refractivity contribution in [3.05, 3.63) is 35.9 Å². The van der Waals surface area contributed by atoms with Crippen molar-refractivity contribution in [3.8, 4) is 11.5 Å². The van der Waals surface area contributed by atoms with Crippen molar-refractivity contribution in [2.24, 2.45) is 0 Å². The van der Waals surface area contributed by atoms with Crippen molar-refractivity contribution in [2.45, 2.75) is 6.42 Å². The first-order valence-corrected chi connectivity index (χ1v) is 7.88. The van der Waals surface area contributed by atoms with Crippen LogP contribution in [-0.2, 0) is 11.2 Å². The summed E-state index contributed by atoms with van der Waals surface area (Å²) >= 11 is 5.58. The van der Waals surface area contributed by atoms with Crippen LogP contribution in [0.2, 0.25) is 0 Å². The third kappa shape index (κ3) is 2.62. The summed E-state index contributed by atoms with van der Waals surface area (Å²) in [6.07, 6.45) is 0.791. The number of hydrogen-bond acceptors (Lipinski definition) is 4. The predicted molar refractivity (Wildman–Crippen MR) is 88.8 cm³/mol. The van der Waals surface area contributed by atoms with Gasteiger partial charge in [0.15, 0.2) is 11.5 Å². The Bertz CT molecular complexity index is 725. The molecule has 0 unspecified atom stereocenters. The molecule has 5 heteroatoms. The molecule has 114 valence electrons. The molecular formula is C17H17NO3S.